The maximum Gasteiger partial charge on any atom is 0.480 e. The van der Waals surface area contributed by atoms with Gasteiger partial charge in [0.05, 0.1) is 0 Å². The van der Waals surface area contributed by atoms with Gasteiger partial charge in [-0.2, -0.15) is 0 Å². The smallest absolute Gasteiger partial charge is 0.444 e. The van der Waals surface area contributed by atoms with E-state index in [1.165, 1.54) is 5.98 Å². The fraction of sp³-hybridized carbons (Fsp3) is 0.750. The van der Waals surface area contributed by atoms with Gasteiger partial charge in [0.2, 0.25) is 0 Å². The summed E-state index contributed by atoms with van der Waals surface area (Å²) in [6, 6.07) is 0. The molecule has 102 valence electrons. The van der Waals surface area contributed by atoms with E-state index in [4.69, 9.17) is 14.8 Å². The van der Waals surface area contributed by atoms with Gasteiger partial charge in [-0.15, -0.1) is 0 Å². The Morgan fingerprint density at radius 2 is 1.89 bits per heavy atom. The molecule has 1 amide bonds. The van der Waals surface area contributed by atoms with E-state index in [-0.39, 0.29) is 6.09 Å². The van der Waals surface area contributed by atoms with Crippen LogP contribution >= 0.6 is 0 Å². The van der Waals surface area contributed by atoms with Crippen molar-refractivity contribution >= 4 is 13.2 Å². The third-order valence-corrected chi connectivity index (χ3v) is 2.75. The maximum absolute atomic E-state index is 11.8. The largest absolute Gasteiger partial charge is 0.480 e. The second-order valence-electron chi connectivity index (χ2n) is 5.60. The number of nitrogens with zero attached hydrogens (tertiary/aromatic N) is 1. The van der Waals surface area contributed by atoms with Crippen molar-refractivity contribution in [2.45, 2.75) is 39.2 Å². The van der Waals surface area contributed by atoms with Crippen LogP contribution in [0.3, 0.4) is 0 Å². The molecule has 0 spiro atoms. The van der Waals surface area contributed by atoms with Crippen LogP contribution in [0.2, 0.25) is 0 Å². The molecule has 1 aliphatic heterocycles. The lowest BCUT2D eigenvalue weighted by molar-refractivity contribution is 0.0197. The molecular weight excluding hydrogens is 233 g/mol. The predicted octanol–water partition coefficient (Wildman–Crippen LogP) is 1.20. The summed E-state index contributed by atoms with van der Waals surface area (Å²) < 4.78 is 5.30. The van der Waals surface area contributed by atoms with Crippen molar-refractivity contribution in [2.24, 2.45) is 5.92 Å². The molecule has 1 fully saturated rings. The van der Waals surface area contributed by atoms with Gasteiger partial charge in [0.15, 0.2) is 0 Å². The number of carbonyl (C=O) groups is 1. The van der Waals surface area contributed by atoms with Crippen LogP contribution in [-0.2, 0) is 4.74 Å². The van der Waals surface area contributed by atoms with E-state index in [1.54, 1.807) is 11.0 Å². The zero-order valence-electron chi connectivity index (χ0n) is 11.3. The summed E-state index contributed by atoms with van der Waals surface area (Å²) in [5, 5.41) is 17.5. The second kappa shape index (κ2) is 6.25. The highest BCUT2D eigenvalue weighted by atomic mass is 16.6. The molecule has 1 heterocycles. The summed E-state index contributed by atoms with van der Waals surface area (Å²) in [6.07, 6.45) is 3.18. The average Bonchev–Trinajstić information content (AvgIpc) is 2.24. The highest BCUT2D eigenvalue weighted by Gasteiger charge is 2.25. The molecule has 5 nitrogen and oxygen atoms in total. The van der Waals surface area contributed by atoms with Crippen LogP contribution in [0.15, 0.2) is 12.1 Å². The number of ether oxygens (including phenoxy) is 1. The van der Waals surface area contributed by atoms with Crippen LogP contribution in [0, 0.1) is 5.92 Å². The molecule has 2 N–H and O–H groups in total. The topological polar surface area (TPSA) is 70.0 Å². The molecule has 0 aliphatic carbocycles. The van der Waals surface area contributed by atoms with Crippen molar-refractivity contribution in [3.63, 3.8) is 0 Å². The summed E-state index contributed by atoms with van der Waals surface area (Å²) in [5.74, 6) is 1.67. The van der Waals surface area contributed by atoms with E-state index in [0.717, 1.165) is 12.8 Å². The Hall–Kier alpha value is -1.01. The van der Waals surface area contributed by atoms with Crippen molar-refractivity contribution < 1.29 is 19.6 Å². The van der Waals surface area contributed by atoms with Crippen molar-refractivity contribution in [1.29, 1.82) is 0 Å². The third kappa shape index (κ3) is 5.55. The van der Waals surface area contributed by atoms with E-state index in [1.807, 2.05) is 20.8 Å². The van der Waals surface area contributed by atoms with Gasteiger partial charge in [-0.1, -0.05) is 12.1 Å². The van der Waals surface area contributed by atoms with Crippen molar-refractivity contribution in [1.82, 2.24) is 4.90 Å². The second-order valence-corrected chi connectivity index (χ2v) is 5.60. The Morgan fingerprint density at radius 3 is 2.33 bits per heavy atom. The lowest BCUT2D eigenvalue weighted by Gasteiger charge is -2.32. The normalized spacial score (nSPS) is 18.2. The number of allylic oxidation sites excluding steroid dienone is 1. The summed E-state index contributed by atoms with van der Waals surface area (Å²) in [6.45, 7) is 6.84. The molecule has 0 unspecified atom stereocenters. The minimum Gasteiger partial charge on any atom is -0.444 e. The number of piperidine rings is 1. The quantitative estimate of drug-likeness (QED) is 0.727. The summed E-state index contributed by atoms with van der Waals surface area (Å²) in [4.78, 5) is 13.5. The molecule has 0 radical (unpaired) electrons. The molecule has 0 aromatic carbocycles. The van der Waals surface area contributed by atoms with Crippen LogP contribution in [0.5, 0.6) is 0 Å². The summed E-state index contributed by atoms with van der Waals surface area (Å²) in [5.41, 5.74) is -0.463. The zero-order valence-corrected chi connectivity index (χ0v) is 11.3. The van der Waals surface area contributed by atoms with Gasteiger partial charge in [-0.05, 0) is 39.5 Å². The van der Waals surface area contributed by atoms with Crippen LogP contribution in [0.1, 0.15) is 33.6 Å². The van der Waals surface area contributed by atoms with Crippen molar-refractivity contribution in [3.8, 4) is 0 Å². The molecule has 0 aromatic rings. The molecule has 1 saturated heterocycles. The molecule has 1 aliphatic rings. The number of likely N-dealkylation sites (tertiary alicyclic amines) is 1. The predicted molar refractivity (Wildman–Crippen MR) is 69.9 cm³/mol. The van der Waals surface area contributed by atoms with Crippen LogP contribution in [0.25, 0.3) is 0 Å². The first kappa shape index (κ1) is 15.1. The SMILES string of the molecule is CC(C)(C)OC(=O)N1CCC(/C=C/B(O)O)CC1. The molecule has 18 heavy (non-hydrogen) atoms. The lowest BCUT2D eigenvalue weighted by Crippen LogP contribution is -2.41. The van der Waals surface area contributed by atoms with E-state index >= 15 is 0 Å². The van der Waals surface area contributed by atoms with E-state index < -0.39 is 12.7 Å². The number of hydrogen-bond donors (Lipinski definition) is 2. The standard InChI is InChI=1S/C12H22BNO4/c1-12(2,3)18-11(15)14-8-5-10(6-9-14)4-7-13(16)17/h4,7,10,16-17H,5-6,8-9H2,1-3H3/b7-4+. The van der Waals surface area contributed by atoms with Crippen molar-refractivity contribution in [2.75, 3.05) is 13.1 Å². The minimum atomic E-state index is -1.39. The summed E-state index contributed by atoms with van der Waals surface area (Å²) in [7, 11) is -1.39. The zero-order chi connectivity index (χ0) is 13.8. The van der Waals surface area contributed by atoms with Gasteiger partial charge in [0, 0.05) is 13.1 Å². The molecule has 0 atom stereocenters. The fourth-order valence-electron chi connectivity index (χ4n) is 1.86. The highest BCUT2D eigenvalue weighted by molar-refractivity contribution is 6.47. The average molecular weight is 255 g/mol. The first-order valence-electron chi connectivity index (χ1n) is 6.30. The van der Waals surface area contributed by atoms with Crippen LogP contribution in [-0.4, -0.2) is 46.9 Å². The van der Waals surface area contributed by atoms with Crippen molar-refractivity contribution in [3.05, 3.63) is 12.1 Å². The van der Waals surface area contributed by atoms with Gasteiger partial charge < -0.3 is 19.7 Å². The molecule has 1 rings (SSSR count). The first-order chi connectivity index (χ1) is 8.28. The molecule has 0 aromatic heterocycles. The number of rotatable bonds is 2. The summed E-state index contributed by atoms with van der Waals surface area (Å²) >= 11 is 0. The van der Waals surface area contributed by atoms with E-state index in [9.17, 15) is 4.79 Å². The van der Waals surface area contributed by atoms with E-state index in [2.05, 4.69) is 0 Å². The van der Waals surface area contributed by atoms with E-state index in [0.29, 0.717) is 19.0 Å². The van der Waals surface area contributed by atoms with Crippen LogP contribution < -0.4 is 0 Å². The fourth-order valence-corrected chi connectivity index (χ4v) is 1.86. The first-order valence-corrected chi connectivity index (χ1v) is 6.30. The van der Waals surface area contributed by atoms with Gasteiger partial charge in [-0.3, -0.25) is 0 Å². The Labute approximate surface area is 109 Å². The third-order valence-electron chi connectivity index (χ3n) is 2.75. The van der Waals surface area contributed by atoms with Gasteiger partial charge >= 0.3 is 13.2 Å². The molecule has 6 heteroatoms. The molecule has 0 saturated carbocycles. The lowest BCUT2D eigenvalue weighted by atomic mass is 9.87. The number of carbonyl (C=O) groups excluding carboxylic acids is 1. The Balaban J connectivity index is 2.37. The van der Waals surface area contributed by atoms with Gasteiger partial charge in [-0.25, -0.2) is 4.79 Å². The Bertz CT molecular complexity index is 304. The Kier molecular flexibility index (Phi) is 5.22. The monoisotopic (exact) mass is 255 g/mol. The molecular formula is C12H22BNO4. The Morgan fingerprint density at radius 1 is 1.33 bits per heavy atom. The maximum atomic E-state index is 11.8. The van der Waals surface area contributed by atoms with Gasteiger partial charge in [0.1, 0.15) is 5.60 Å². The molecule has 0 bridgehead atoms. The number of amides is 1. The number of hydrogen-bond acceptors (Lipinski definition) is 4. The van der Waals surface area contributed by atoms with Gasteiger partial charge in [0.25, 0.3) is 0 Å². The van der Waals surface area contributed by atoms with Crippen LogP contribution in [0.4, 0.5) is 4.79 Å². The minimum absolute atomic E-state index is 0.271. The highest BCUT2D eigenvalue weighted by Crippen LogP contribution is 2.20.